The number of hydrogen-bond donors (Lipinski definition) is 0. The summed E-state index contributed by atoms with van der Waals surface area (Å²) < 4.78 is 4.92. The topological polar surface area (TPSA) is 43.4 Å². The molecule has 0 amide bonds. The number of hydrogen-bond acceptors (Lipinski definition) is 3. The summed E-state index contributed by atoms with van der Waals surface area (Å²) in [4.78, 5) is 22.6. The van der Waals surface area contributed by atoms with Crippen molar-refractivity contribution in [2.24, 2.45) is 22.7 Å². The standard InChI is InChI=1S/C15H24O3/c1-14(2)7-4-8-15(3)11(9-18-10-16)12(17)5-6-13(14)15/h10-11,13H,4-9H2,1-3H3/t11-,13-,15+/m0/s1. The summed E-state index contributed by atoms with van der Waals surface area (Å²) in [6, 6.07) is 0. The largest absolute Gasteiger partial charge is 0.467 e. The highest BCUT2D eigenvalue weighted by Crippen LogP contribution is 2.58. The van der Waals surface area contributed by atoms with E-state index in [9.17, 15) is 9.59 Å². The van der Waals surface area contributed by atoms with Gasteiger partial charge in [-0.3, -0.25) is 9.59 Å². The molecule has 2 aliphatic carbocycles. The van der Waals surface area contributed by atoms with E-state index in [2.05, 4.69) is 20.8 Å². The van der Waals surface area contributed by atoms with Crippen LogP contribution in [0, 0.1) is 22.7 Å². The van der Waals surface area contributed by atoms with Gasteiger partial charge < -0.3 is 4.74 Å². The van der Waals surface area contributed by atoms with Gasteiger partial charge in [-0.05, 0) is 36.0 Å². The van der Waals surface area contributed by atoms with Crippen molar-refractivity contribution >= 4 is 12.3 Å². The Labute approximate surface area is 109 Å². The van der Waals surface area contributed by atoms with E-state index in [0.717, 1.165) is 12.8 Å². The molecule has 0 aromatic carbocycles. The fraction of sp³-hybridized carbons (Fsp3) is 0.867. The van der Waals surface area contributed by atoms with E-state index in [1.54, 1.807) is 0 Å². The van der Waals surface area contributed by atoms with Gasteiger partial charge in [0.05, 0.1) is 5.92 Å². The molecule has 3 atom stereocenters. The third-order valence-corrected chi connectivity index (χ3v) is 5.47. The Morgan fingerprint density at radius 2 is 2.06 bits per heavy atom. The van der Waals surface area contributed by atoms with Crippen molar-refractivity contribution in [2.45, 2.75) is 52.9 Å². The van der Waals surface area contributed by atoms with E-state index in [1.165, 1.54) is 12.8 Å². The molecular formula is C15H24O3. The number of ether oxygens (including phenoxy) is 1. The lowest BCUT2D eigenvalue weighted by atomic mass is 9.48. The Balaban J connectivity index is 2.27. The van der Waals surface area contributed by atoms with Crippen molar-refractivity contribution < 1.29 is 14.3 Å². The number of fused-ring (bicyclic) bond motifs is 1. The van der Waals surface area contributed by atoms with Crippen LogP contribution in [0.15, 0.2) is 0 Å². The number of ketones is 1. The summed E-state index contributed by atoms with van der Waals surface area (Å²) in [7, 11) is 0. The Bertz CT molecular complexity index is 348. The molecule has 0 aromatic rings. The van der Waals surface area contributed by atoms with Crippen LogP contribution in [0.4, 0.5) is 0 Å². The second-order valence-corrected chi connectivity index (χ2v) is 6.89. The molecule has 0 bridgehead atoms. The summed E-state index contributed by atoms with van der Waals surface area (Å²) in [5.74, 6) is 0.756. The van der Waals surface area contributed by atoms with Gasteiger partial charge >= 0.3 is 0 Å². The second-order valence-electron chi connectivity index (χ2n) is 6.89. The molecule has 2 saturated carbocycles. The van der Waals surface area contributed by atoms with Crippen LogP contribution in [0.2, 0.25) is 0 Å². The van der Waals surface area contributed by atoms with E-state index < -0.39 is 0 Å². The molecule has 3 nitrogen and oxygen atoms in total. The average molecular weight is 252 g/mol. The Kier molecular flexibility index (Phi) is 3.52. The predicted molar refractivity (Wildman–Crippen MR) is 69.0 cm³/mol. The Morgan fingerprint density at radius 3 is 2.72 bits per heavy atom. The SMILES string of the molecule is CC1(C)CCC[C@]2(C)[C@@H](COC=O)C(=O)CC[C@@H]12. The third kappa shape index (κ3) is 2.08. The number of Topliss-reactive ketones (excluding diaryl/α,β-unsaturated/α-hetero) is 1. The van der Waals surface area contributed by atoms with Crippen LogP contribution in [-0.2, 0) is 14.3 Å². The zero-order valence-corrected chi connectivity index (χ0v) is 11.7. The van der Waals surface area contributed by atoms with Gasteiger partial charge in [-0.25, -0.2) is 0 Å². The van der Waals surface area contributed by atoms with Gasteiger partial charge in [0.1, 0.15) is 12.4 Å². The van der Waals surface area contributed by atoms with Crippen molar-refractivity contribution in [1.29, 1.82) is 0 Å². The molecule has 0 heterocycles. The normalized spacial score (nSPS) is 38.9. The van der Waals surface area contributed by atoms with Crippen LogP contribution in [-0.4, -0.2) is 18.9 Å². The van der Waals surface area contributed by atoms with Crippen LogP contribution < -0.4 is 0 Å². The van der Waals surface area contributed by atoms with E-state index in [1.807, 2.05) is 0 Å². The van der Waals surface area contributed by atoms with Crippen LogP contribution in [0.3, 0.4) is 0 Å². The minimum atomic E-state index is -0.0963. The summed E-state index contributed by atoms with van der Waals surface area (Å²) in [6.07, 6.45) is 5.14. The first kappa shape index (κ1) is 13.6. The van der Waals surface area contributed by atoms with E-state index in [0.29, 0.717) is 24.2 Å². The number of rotatable bonds is 3. The minimum Gasteiger partial charge on any atom is -0.467 e. The first-order valence-electron chi connectivity index (χ1n) is 7.00. The van der Waals surface area contributed by atoms with E-state index in [4.69, 9.17) is 4.74 Å². The summed E-state index contributed by atoms with van der Waals surface area (Å²) in [5, 5.41) is 0. The van der Waals surface area contributed by atoms with Crippen LogP contribution in [0.1, 0.15) is 52.9 Å². The maximum atomic E-state index is 12.2. The molecule has 0 aliphatic heterocycles. The van der Waals surface area contributed by atoms with Crippen LogP contribution in [0.5, 0.6) is 0 Å². The number of carbonyl (C=O) groups excluding carboxylic acids is 2. The summed E-state index contributed by atoms with van der Waals surface area (Å²) in [6.45, 7) is 7.61. The third-order valence-electron chi connectivity index (χ3n) is 5.47. The molecule has 2 rings (SSSR count). The molecule has 0 N–H and O–H groups in total. The molecule has 0 saturated heterocycles. The molecule has 0 radical (unpaired) electrons. The monoisotopic (exact) mass is 252 g/mol. The van der Waals surface area contributed by atoms with Gasteiger partial charge in [-0.15, -0.1) is 0 Å². The molecule has 3 heteroatoms. The molecule has 2 fully saturated rings. The van der Waals surface area contributed by atoms with Crippen molar-refractivity contribution in [1.82, 2.24) is 0 Å². The highest BCUT2D eigenvalue weighted by molar-refractivity contribution is 5.83. The molecule has 2 aliphatic rings. The van der Waals surface area contributed by atoms with Crippen LogP contribution in [0.25, 0.3) is 0 Å². The van der Waals surface area contributed by atoms with E-state index >= 15 is 0 Å². The highest BCUT2D eigenvalue weighted by Gasteiger charge is 2.54. The maximum Gasteiger partial charge on any atom is 0.293 e. The van der Waals surface area contributed by atoms with Crippen LogP contribution >= 0.6 is 0 Å². The van der Waals surface area contributed by atoms with Gasteiger partial charge in [0.2, 0.25) is 0 Å². The fourth-order valence-corrected chi connectivity index (χ4v) is 4.55. The zero-order chi connectivity index (χ0) is 13.4. The highest BCUT2D eigenvalue weighted by atomic mass is 16.5. The maximum absolute atomic E-state index is 12.2. The molecule has 0 aromatic heterocycles. The summed E-state index contributed by atoms with van der Waals surface area (Å²) in [5.41, 5.74) is 0.313. The van der Waals surface area contributed by atoms with Gasteiger partial charge in [0.15, 0.2) is 0 Å². The first-order valence-corrected chi connectivity index (χ1v) is 7.00. The predicted octanol–water partition coefficient (Wildman–Crippen LogP) is 2.97. The lowest BCUT2D eigenvalue weighted by Crippen LogP contribution is -2.53. The second kappa shape index (κ2) is 4.67. The average Bonchev–Trinajstić information content (AvgIpc) is 2.27. The molecule has 0 spiro atoms. The summed E-state index contributed by atoms with van der Waals surface area (Å²) >= 11 is 0. The Hall–Kier alpha value is -0.860. The van der Waals surface area contributed by atoms with Crippen molar-refractivity contribution in [3.05, 3.63) is 0 Å². The first-order chi connectivity index (χ1) is 8.42. The van der Waals surface area contributed by atoms with Crippen molar-refractivity contribution in [3.63, 3.8) is 0 Å². The van der Waals surface area contributed by atoms with Gasteiger partial charge in [0.25, 0.3) is 6.47 Å². The van der Waals surface area contributed by atoms with Crippen molar-refractivity contribution in [2.75, 3.05) is 6.61 Å². The lowest BCUT2D eigenvalue weighted by Gasteiger charge is -2.56. The zero-order valence-electron chi connectivity index (χ0n) is 11.7. The molecule has 102 valence electrons. The van der Waals surface area contributed by atoms with Gasteiger partial charge in [0, 0.05) is 6.42 Å². The van der Waals surface area contributed by atoms with Gasteiger partial charge in [-0.2, -0.15) is 0 Å². The molecule has 18 heavy (non-hydrogen) atoms. The van der Waals surface area contributed by atoms with Gasteiger partial charge in [-0.1, -0.05) is 27.2 Å². The molecular weight excluding hydrogens is 228 g/mol. The van der Waals surface area contributed by atoms with Crippen molar-refractivity contribution in [3.8, 4) is 0 Å². The minimum absolute atomic E-state index is 0.0140. The smallest absolute Gasteiger partial charge is 0.293 e. The van der Waals surface area contributed by atoms with E-state index in [-0.39, 0.29) is 23.7 Å². The quantitative estimate of drug-likeness (QED) is 0.725. The Morgan fingerprint density at radius 1 is 1.33 bits per heavy atom. The molecule has 0 unspecified atom stereocenters. The number of carbonyl (C=O) groups is 2. The lowest BCUT2D eigenvalue weighted by molar-refractivity contribution is -0.151. The fourth-order valence-electron chi connectivity index (χ4n) is 4.55.